The zero-order valence-corrected chi connectivity index (χ0v) is 14.8. The predicted molar refractivity (Wildman–Crippen MR) is 98.9 cm³/mol. The van der Waals surface area contributed by atoms with E-state index in [2.05, 4.69) is 10.4 Å². The summed E-state index contributed by atoms with van der Waals surface area (Å²) in [6.45, 7) is 1.85. The van der Waals surface area contributed by atoms with E-state index in [4.69, 9.17) is 9.47 Å². The van der Waals surface area contributed by atoms with Gasteiger partial charge in [0.15, 0.2) is 11.5 Å². The fourth-order valence-electron chi connectivity index (χ4n) is 2.73. The summed E-state index contributed by atoms with van der Waals surface area (Å²) in [5.41, 5.74) is 1.90. The summed E-state index contributed by atoms with van der Waals surface area (Å²) < 4.78 is 12.0. The second kappa shape index (κ2) is 7.26. The van der Waals surface area contributed by atoms with E-state index in [1.165, 1.54) is 18.0 Å². The van der Waals surface area contributed by atoms with Crippen molar-refractivity contribution in [1.82, 2.24) is 9.78 Å². The number of methoxy groups -OCH3 is 2. The molecule has 134 valence electrons. The fourth-order valence-corrected chi connectivity index (χ4v) is 2.73. The Labute approximate surface area is 150 Å². The molecule has 1 amide bonds. The van der Waals surface area contributed by atoms with E-state index in [1.807, 2.05) is 6.92 Å². The number of rotatable bonds is 5. The van der Waals surface area contributed by atoms with Crippen LogP contribution >= 0.6 is 0 Å². The highest BCUT2D eigenvalue weighted by atomic mass is 16.5. The number of hydrogen-bond donors (Lipinski definition) is 1. The van der Waals surface area contributed by atoms with E-state index in [-0.39, 0.29) is 17.9 Å². The van der Waals surface area contributed by atoms with Crippen molar-refractivity contribution in [3.63, 3.8) is 0 Å². The molecule has 1 aromatic heterocycles. The zero-order valence-electron chi connectivity index (χ0n) is 14.8. The minimum Gasteiger partial charge on any atom is -0.493 e. The number of fused-ring (bicyclic) bond motifs is 1. The quantitative estimate of drug-likeness (QED) is 0.761. The van der Waals surface area contributed by atoms with Crippen LogP contribution in [0, 0.1) is 6.92 Å². The monoisotopic (exact) mass is 353 g/mol. The average Bonchev–Trinajstić information content (AvgIpc) is 2.65. The molecule has 0 atom stereocenters. The van der Waals surface area contributed by atoms with Crippen LogP contribution in [0.3, 0.4) is 0 Å². The van der Waals surface area contributed by atoms with Gasteiger partial charge in [-0.3, -0.25) is 14.3 Å². The predicted octanol–water partition coefficient (Wildman–Crippen LogP) is 2.36. The van der Waals surface area contributed by atoms with Gasteiger partial charge in [-0.05, 0) is 30.7 Å². The molecule has 0 fully saturated rings. The van der Waals surface area contributed by atoms with E-state index in [1.54, 1.807) is 43.5 Å². The van der Waals surface area contributed by atoms with Crippen molar-refractivity contribution < 1.29 is 14.3 Å². The third kappa shape index (κ3) is 3.37. The van der Waals surface area contributed by atoms with Gasteiger partial charge in [-0.25, -0.2) is 0 Å². The molecule has 1 heterocycles. The number of amides is 1. The van der Waals surface area contributed by atoms with Crippen LogP contribution in [-0.2, 0) is 11.3 Å². The Morgan fingerprint density at radius 2 is 1.85 bits per heavy atom. The van der Waals surface area contributed by atoms with Crippen LogP contribution in [0.2, 0.25) is 0 Å². The molecule has 3 rings (SSSR count). The van der Waals surface area contributed by atoms with Gasteiger partial charge < -0.3 is 14.8 Å². The molecule has 0 saturated carbocycles. The second-order valence-corrected chi connectivity index (χ2v) is 5.75. The average molecular weight is 353 g/mol. The number of nitrogens with zero attached hydrogens (tertiary/aromatic N) is 2. The van der Waals surface area contributed by atoms with Crippen LogP contribution in [0.25, 0.3) is 10.9 Å². The Hall–Kier alpha value is -3.35. The smallest absolute Gasteiger partial charge is 0.246 e. The van der Waals surface area contributed by atoms with Gasteiger partial charge in [-0.1, -0.05) is 12.1 Å². The zero-order chi connectivity index (χ0) is 18.7. The van der Waals surface area contributed by atoms with Crippen molar-refractivity contribution in [2.75, 3.05) is 19.5 Å². The molecule has 0 aliphatic rings. The molecule has 1 N–H and O–H groups in total. The molecule has 7 heteroatoms. The summed E-state index contributed by atoms with van der Waals surface area (Å²) in [6, 6.07) is 10.6. The maximum absolute atomic E-state index is 12.5. The van der Waals surface area contributed by atoms with Crippen LogP contribution in [0.1, 0.15) is 5.56 Å². The van der Waals surface area contributed by atoms with E-state index in [0.29, 0.717) is 28.1 Å². The molecule has 0 aliphatic heterocycles. The topological polar surface area (TPSA) is 82.5 Å². The van der Waals surface area contributed by atoms with Crippen molar-refractivity contribution in [3.8, 4) is 11.5 Å². The Bertz CT molecular complexity index is 1030. The Morgan fingerprint density at radius 3 is 2.58 bits per heavy atom. The lowest BCUT2D eigenvalue weighted by atomic mass is 10.1. The van der Waals surface area contributed by atoms with Crippen LogP contribution < -0.4 is 20.2 Å². The van der Waals surface area contributed by atoms with Gasteiger partial charge >= 0.3 is 0 Å². The highest BCUT2D eigenvalue weighted by molar-refractivity contribution is 5.92. The molecule has 0 bridgehead atoms. The lowest BCUT2D eigenvalue weighted by Crippen LogP contribution is -2.22. The van der Waals surface area contributed by atoms with Gasteiger partial charge in [-0.2, -0.15) is 5.10 Å². The summed E-state index contributed by atoms with van der Waals surface area (Å²) in [5.74, 6) is 0.859. The van der Waals surface area contributed by atoms with E-state index in [9.17, 15) is 9.59 Å². The number of ether oxygens (including phenoxy) is 2. The van der Waals surface area contributed by atoms with Crippen LogP contribution in [0.4, 0.5) is 5.69 Å². The van der Waals surface area contributed by atoms with Gasteiger partial charge in [0.2, 0.25) is 11.3 Å². The summed E-state index contributed by atoms with van der Waals surface area (Å²) >= 11 is 0. The molecule has 7 nitrogen and oxygen atoms in total. The first-order chi connectivity index (χ1) is 12.5. The molecule has 2 aromatic carbocycles. The molecule has 0 radical (unpaired) electrons. The molecular formula is C19H19N3O4. The van der Waals surface area contributed by atoms with Crippen molar-refractivity contribution in [2.45, 2.75) is 13.5 Å². The fraction of sp³-hybridized carbons (Fsp3) is 0.211. The first-order valence-electron chi connectivity index (χ1n) is 8.01. The SMILES string of the molecule is COc1cc(C)c(NC(=O)Cn2ncc(=O)c3ccccc32)cc1OC. The van der Waals surface area contributed by atoms with E-state index >= 15 is 0 Å². The van der Waals surface area contributed by atoms with E-state index < -0.39 is 0 Å². The van der Waals surface area contributed by atoms with Crippen LogP contribution in [-0.4, -0.2) is 29.9 Å². The highest BCUT2D eigenvalue weighted by Crippen LogP contribution is 2.32. The van der Waals surface area contributed by atoms with Gasteiger partial charge in [0, 0.05) is 17.1 Å². The highest BCUT2D eigenvalue weighted by Gasteiger charge is 2.13. The number of carbonyl (C=O) groups excluding carboxylic acids is 1. The van der Waals surface area contributed by atoms with Gasteiger partial charge in [-0.15, -0.1) is 0 Å². The second-order valence-electron chi connectivity index (χ2n) is 5.75. The molecule has 26 heavy (non-hydrogen) atoms. The van der Waals surface area contributed by atoms with Crippen LogP contribution in [0.15, 0.2) is 47.4 Å². The lowest BCUT2D eigenvalue weighted by Gasteiger charge is -2.14. The molecule has 3 aromatic rings. The third-order valence-electron chi connectivity index (χ3n) is 4.06. The molecule has 0 unspecified atom stereocenters. The van der Waals surface area contributed by atoms with Gasteiger partial charge in [0.1, 0.15) is 6.54 Å². The number of aryl methyl sites for hydroxylation is 1. The maximum Gasteiger partial charge on any atom is 0.246 e. The largest absolute Gasteiger partial charge is 0.493 e. The Morgan fingerprint density at radius 1 is 1.15 bits per heavy atom. The third-order valence-corrected chi connectivity index (χ3v) is 4.06. The van der Waals surface area contributed by atoms with Gasteiger partial charge in [0.05, 0.1) is 25.9 Å². The van der Waals surface area contributed by atoms with Crippen molar-refractivity contribution in [1.29, 1.82) is 0 Å². The summed E-state index contributed by atoms with van der Waals surface area (Å²) in [6.07, 6.45) is 1.22. The minimum atomic E-state index is -0.262. The maximum atomic E-state index is 12.5. The standard InChI is InChI=1S/C19H19N3O4/c1-12-8-17(25-2)18(26-3)9-14(12)21-19(24)11-22-15-7-5-4-6-13(15)16(23)10-20-22/h4-10H,11H2,1-3H3,(H,21,24). The number of hydrogen-bond acceptors (Lipinski definition) is 5. The summed E-state index contributed by atoms with van der Waals surface area (Å²) in [5, 5.41) is 7.45. The molecular weight excluding hydrogens is 334 g/mol. The summed E-state index contributed by atoms with van der Waals surface area (Å²) in [4.78, 5) is 24.4. The Kier molecular flexibility index (Phi) is 4.88. The normalized spacial score (nSPS) is 10.6. The minimum absolute atomic E-state index is 0.0193. The van der Waals surface area contributed by atoms with Crippen molar-refractivity contribution in [3.05, 3.63) is 58.4 Å². The lowest BCUT2D eigenvalue weighted by molar-refractivity contribution is -0.116. The van der Waals surface area contributed by atoms with Crippen LogP contribution in [0.5, 0.6) is 11.5 Å². The van der Waals surface area contributed by atoms with Gasteiger partial charge in [0.25, 0.3) is 0 Å². The Balaban J connectivity index is 1.86. The molecule has 0 saturated heterocycles. The number of benzene rings is 2. The molecule has 0 spiro atoms. The number of carbonyl (C=O) groups is 1. The van der Waals surface area contributed by atoms with Crippen molar-refractivity contribution >= 4 is 22.5 Å². The summed E-state index contributed by atoms with van der Waals surface area (Å²) in [7, 11) is 3.10. The number of aromatic nitrogens is 2. The van der Waals surface area contributed by atoms with Crippen molar-refractivity contribution in [2.24, 2.45) is 0 Å². The first-order valence-corrected chi connectivity index (χ1v) is 8.01. The number of para-hydroxylation sites is 1. The molecule has 0 aliphatic carbocycles. The first kappa shape index (κ1) is 17.5. The van der Waals surface area contributed by atoms with E-state index in [0.717, 1.165) is 5.56 Å². The number of anilines is 1. The number of nitrogens with one attached hydrogen (secondary N) is 1.